The highest BCUT2D eigenvalue weighted by molar-refractivity contribution is 5.80. The molecule has 0 aromatic carbocycles. The third-order valence-corrected chi connectivity index (χ3v) is 3.54. The molecule has 0 aromatic heterocycles. The van der Waals surface area contributed by atoms with Crippen molar-refractivity contribution in [1.82, 2.24) is 10.2 Å². The van der Waals surface area contributed by atoms with Gasteiger partial charge in [-0.25, -0.2) is 0 Å². The van der Waals surface area contributed by atoms with E-state index in [1.165, 1.54) is 0 Å². The fraction of sp³-hybridized carbons (Fsp3) is 0.933. The fourth-order valence-electron chi connectivity index (χ4n) is 2.23. The van der Waals surface area contributed by atoms with Gasteiger partial charge in [0.1, 0.15) is 5.54 Å². The zero-order valence-corrected chi connectivity index (χ0v) is 14.0. The van der Waals surface area contributed by atoms with Gasteiger partial charge >= 0.3 is 5.97 Å². The van der Waals surface area contributed by atoms with Gasteiger partial charge in [0.15, 0.2) is 0 Å². The number of rotatable bonds is 11. The van der Waals surface area contributed by atoms with E-state index in [9.17, 15) is 4.79 Å². The third-order valence-electron chi connectivity index (χ3n) is 3.54. The van der Waals surface area contributed by atoms with E-state index in [1.54, 1.807) is 0 Å². The largest absolute Gasteiger partial charge is 0.465 e. The van der Waals surface area contributed by atoms with Crippen molar-refractivity contribution in [3.05, 3.63) is 0 Å². The van der Waals surface area contributed by atoms with Crippen molar-refractivity contribution < 1.29 is 14.3 Å². The van der Waals surface area contributed by atoms with Gasteiger partial charge < -0.3 is 19.7 Å². The molecular formula is C15H32N2O3. The van der Waals surface area contributed by atoms with Gasteiger partial charge in [-0.15, -0.1) is 0 Å². The lowest BCUT2D eigenvalue weighted by Crippen LogP contribution is -2.54. The maximum atomic E-state index is 12.1. The summed E-state index contributed by atoms with van der Waals surface area (Å²) in [6, 6.07) is 0.268. The summed E-state index contributed by atoms with van der Waals surface area (Å²) in [5.74, 6) is -0.174. The lowest BCUT2D eigenvalue weighted by molar-refractivity contribution is -0.151. The summed E-state index contributed by atoms with van der Waals surface area (Å²) in [6.07, 6.45) is 0.711. The predicted octanol–water partition coefficient (Wildman–Crippen LogP) is 1.66. The number of hydrogen-bond donors (Lipinski definition) is 1. The molecule has 0 saturated carbocycles. The van der Waals surface area contributed by atoms with E-state index >= 15 is 0 Å². The summed E-state index contributed by atoms with van der Waals surface area (Å²) in [6.45, 7) is 13.3. The van der Waals surface area contributed by atoms with Crippen LogP contribution in [-0.4, -0.2) is 62.4 Å². The van der Waals surface area contributed by atoms with E-state index in [0.717, 1.165) is 19.7 Å². The van der Waals surface area contributed by atoms with E-state index < -0.39 is 5.54 Å². The quantitative estimate of drug-likeness (QED) is 0.463. The Morgan fingerprint density at radius 2 is 1.95 bits per heavy atom. The van der Waals surface area contributed by atoms with Gasteiger partial charge in [-0.1, -0.05) is 6.92 Å². The summed E-state index contributed by atoms with van der Waals surface area (Å²) < 4.78 is 10.6. The minimum absolute atomic E-state index is 0.174. The molecule has 0 bridgehead atoms. The number of carbonyl (C=O) groups is 1. The minimum atomic E-state index is -0.635. The van der Waals surface area contributed by atoms with Crippen LogP contribution in [-0.2, 0) is 14.3 Å². The molecule has 2 unspecified atom stereocenters. The Kier molecular flexibility index (Phi) is 9.80. The Labute approximate surface area is 124 Å². The first-order valence-electron chi connectivity index (χ1n) is 7.61. The van der Waals surface area contributed by atoms with Gasteiger partial charge in [0.25, 0.3) is 0 Å². The zero-order chi connectivity index (χ0) is 15.6. The Morgan fingerprint density at radius 1 is 1.30 bits per heavy atom. The van der Waals surface area contributed by atoms with Crippen molar-refractivity contribution in [1.29, 1.82) is 0 Å². The van der Waals surface area contributed by atoms with Crippen LogP contribution in [0.1, 0.15) is 41.0 Å². The molecule has 0 radical (unpaired) electrons. The van der Waals surface area contributed by atoms with E-state index in [1.807, 2.05) is 27.7 Å². The SMILES string of the molecule is CCNC(C)(CC(C)N(C)CCOCC)C(=O)OCC. The van der Waals surface area contributed by atoms with Crippen molar-refractivity contribution in [3.8, 4) is 0 Å². The van der Waals surface area contributed by atoms with Crippen LogP contribution in [0.25, 0.3) is 0 Å². The molecule has 0 aromatic rings. The van der Waals surface area contributed by atoms with Crippen LogP contribution >= 0.6 is 0 Å². The number of nitrogens with zero attached hydrogens (tertiary/aromatic N) is 1. The fourth-order valence-corrected chi connectivity index (χ4v) is 2.23. The average molecular weight is 288 g/mol. The van der Waals surface area contributed by atoms with E-state index in [-0.39, 0.29) is 12.0 Å². The molecule has 0 rings (SSSR count). The first kappa shape index (κ1) is 19.4. The number of hydrogen-bond acceptors (Lipinski definition) is 5. The van der Waals surface area contributed by atoms with Gasteiger partial charge in [-0.3, -0.25) is 4.79 Å². The first-order valence-corrected chi connectivity index (χ1v) is 7.61. The van der Waals surface area contributed by atoms with Gasteiger partial charge in [-0.05, 0) is 47.7 Å². The molecule has 1 N–H and O–H groups in total. The van der Waals surface area contributed by atoms with Crippen LogP contribution in [0.15, 0.2) is 0 Å². The molecule has 0 aliphatic rings. The standard InChI is InChI=1S/C15H32N2O3/c1-7-16-15(5,14(18)20-9-3)12-13(4)17(6)10-11-19-8-2/h13,16H,7-12H2,1-6H3. The molecular weight excluding hydrogens is 256 g/mol. The minimum Gasteiger partial charge on any atom is -0.465 e. The van der Waals surface area contributed by atoms with Crippen molar-refractivity contribution in [2.75, 3.05) is 40.0 Å². The van der Waals surface area contributed by atoms with Crippen LogP contribution in [0.2, 0.25) is 0 Å². The number of ether oxygens (including phenoxy) is 2. The van der Waals surface area contributed by atoms with E-state index in [0.29, 0.717) is 19.6 Å². The summed E-state index contributed by atoms with van der Waals surface area (Å²) in [5.41, 5.74) is -0.635. The lowest BCUT2D eigenvalue weighted by atomic mass is 9.93. The molecule has 0 aliphatic carbocycles. The van der Waals surface area contributed by atoms with Crippen LogP contribution in [0.4, 0.5) is 0 Å². The summed E-state index contributed by atoms with van der Waals surface area (Å²) in [4.78, 5) is 14.4. The molecule has 0 heterocycles. The van der Waals surface area contributed by atoms with Crippen molar-refractivity contribution in [2.24, 2.45) is 0 Å². The topological polar surface area (TPSA) is 50.8 Å². The highest BCUT2D eigenvalue weighted by atomic mass is 16.5. The molecule has 5 nitrogen and oxygen atoms in total. The lowest BCUT2D eigenvalue weighted by Gasteiger charge is -2.34. The second kappa shape index (κ2) is 10.1. The Balaban J connectivity index is 4.52. The maximum Gasteiger partial charge on any atom is 0.326 e. The van der Waals surface area contributed by atoms with E-state index in [4.69, 9.17) is 9.47 Å². The molecule has 120 valence electrons. The Bertz CT molecular complexity index is 274. The summed E-state index contributed by atoms with van der Waals surface area (Å²) in [5, 5.41) is 3.26. The molecule has 0 saturated heterocycles. The summed E-state index contributed by atoms with van der Waals surface area (Å²) >= 11 is 0. The molecule has 20 heavy (non-hydrogen) atoms. The maximum absolute atomic E-state index is 12.1. The van der Waals surface area contributed by atoms with Gasteiger partial charge in [0.2, 0.25) is 0 Å². The number of nitrogens with one attached hydrogen (secondary N) is 1. The molecule has 0 aliphatic heterocycles. The van der Waals surface area contributed by atoms with Gasteiger partial charge in [0.05, 0.1) is 13.2 Å². The molecule has 0 spiro atoms. The van der Waals surface area contributed by atoms with Crippen molar-refractivity contribution in [2.45, 2.75) is 52.6 Å². The second-order valence-corrected chi connectivity index (χ2v) is 5.31. The predicted molar refractivity (Wildman–Crippen MR) is 81.9 cm³/mol. The van der Waals surface area contributed by atoms with Gasteiger partial charge in [-0.2, -0.15) is 0 Å². The zero-order valence-electron chi connectivity index (χ0n) is 14.0. The molecule has 0 fully saturated rings. The van der Waals surface area contributed by atoms with Crippen LogP contribution in [0.5, 0.6) is 0 Å². The molecule has 5 heteroatoms. The average Bonchev–Trinajstić information content (AvgIpc) is 2.39. The van der Waals surface area contributed by atoms with Crippen LogP contribution in [0.3, 0.4) is 0 Å². The summed E-state index contributed by atoms with van der Waals surface area (Å²) in [7, 11) is 2.06. The number of likely N-dealkylation sites (N-methyl/N-ethyl adjacent to an activating group) is 2. The monoisotopic (exact) mass is 288 g/mol. The third kappa shape index (κ3) is 6.68. The highest BCUT2D eigenvalue weighted by Crippen LogP contribution is 2.17. The molecule has 0 amide bonds. The first-order chi connectivity index (χ1) is 9.41. The normalized spacial score (nSPS) is 15.9. The number of esters is 1. The Morgan fingerprint density at radius 3 is 2.45 bits per heavy atom. The highest BCUT2D eigenvalue weighted by Gasteiger charge is 2.36. The van der Waals surface area contributed by atoms with Crippen LogP contribution in [0, 0.1) is 0 Å². The van der Waals surface area contributed by atoms with Gasteiger partial charge in [0, 0.05) is 19.2 Å². The Hall–Kier alpha value is -0.650. The van der Waals surface area contributed by atoms with Crippen molar-refractivity contribution >= 4 is 5.97 Å². The number of carbonyl (C=O) groups excluding carboxylic acids is 1. The second-order valence-electron chi connectivity index (χ2n) is 5.31. The van der Waals surface area contributed by atoms with Crippen molar-refractivity contribution in [3.63, 3.8) is 0 Å². The van der Waals surface area contributed by atoms with E-state index in [2.05, 4.69) is 24.2 Å². The van der Waals surface area contributed by atoms with Crippen LogP contribution < -0.4 is 5.32 Å². The smallest absolute Gasteiger partial charge is 0.326 e. The molecule has 2 atom stereocenters.